The van der Waals surface area contributed by atoms with Crippen molar-refractivity contribution < 1.29 is 14.3 Å². The van der Waals surface area contributed by atoms with Crippen LogP contribution in [-0.2, 0) is 16.6 Å². The van der Waals surface area contributed by atoms with Gasteiger partial charge in [0.15, 0.2) is 0 Å². The van der Waals surface area contributed by atoms with E-state index in [0.717, 1.165) is 46.0 Å². The molecule has 0 aromatic heterocycles. The Balaban J connectivity index is 1.50. The first kappa shape index (κ1) is 15.6. The quantitative estimate of drug-likeness (QED) is 0.845. The number of rotatable bonds is 2. The van der Waals surface area contributed by atoms with E-state index in [4.69, 9.17) is 9.47 Å². The molecule has 6 heteroatoms. The molecule has 2 aromatic carbocycles. The van der Waals surface area contributed by atoms with Gasteiger partial charge in [-0.15, -0.1) is 0 Å². The molecule has 28 heavy (non-hydrogen) atoms. The fraction of sp³-hybridized carbons (Fsp3) is 0.227. The molecule has 0 aliphatic carbocycles. The van der Waals surface area contributed by atoms with Crippen LogP contribution in [0.1, 0.15) is 16.7 Å². The molecule has 2 N–H and O–H groups in total. The van der Waals surface area contributed by atoms with E-state index in [1.807, 2.05) is 47.5 Å². The third-order valence-corrected chi connectivity index (χ3v) is 6.00. The molecule has 0 radical (unpaired) electrons. The number of ether oxygens (including phenoxy) is 2. The lowest BCUT2D eigenvalue weighted by Crippen LogP contribution is -2.45. The number of benzene rings is 2. The minimum atomic E-state index is -0.790. The number of hydrogen-bond acceptors (Lipinski definition) is 5. The van der Waals surface area contributed by atoms with Gasteiger partial charge >= 0.3 is 0 Å². The summed E-state index contributed by atoms with van der Waals surface area (Å²) in [6.07, 6.45) is 6.58. The number of anilines is 1. The largest absolute Gasteiger partial charge is 0.493 e. The predicted octanol–water partition coefficient (Wildman–Crippen LogP) is 2.15. The summed E-state index contributed by atoms with van der Waals surface area (Å²) in [5, 5.41) is 0. The fourth-order valence-electron chi connectivity index (χ4n) is 4.66. The van der Waals surface area contributed by atoms with Gasteiger partial charge in [0.25, 0.3) is 0 Å². The summed E-state index contributed by atoms with van der Waals surface area (Å²) >= 11 is 0. The monoisotopic (exact) mass is 373 g/mol. The standard InChI is InChI=1S/C22H19N3O3/c26-21-22(13-28-20-11-19-14(7-9-27-19)10-17(20)22)16-5-1-2-6-18(16)25(21)12-15-4-3-8-23-24-15/h1-6,8,10-11,23-24H,7,9,12-13H2. The molecule has 4 aliphatic rings. The normalized spacial score (nSPS) is 23.4. The van der Waals surface area contributed by atoms with Gasteiger partial charge in [0, 0.05) is 29.9 Å². The summed E-state index contributed by atoms with van der Waals surface area (Å²) in [4.78, 5) is 15.7. The highest BCUT2D eigenvalue weighted by atomic mass is 16.5. The summed E-state index contributed by atoms with van der Waals surface area (Å²) in [7, 11) is 0. The van der Waals surface area contributed by atoms with Crippen molar-refractivity contribution in [3.05, 3.63) is 77.1 Å². The van der Waals surface area contributed by atoms with Crippen LogP contribution in [0.2, 0.25) is 0 Å². The van der Waals surface area contributed by atoms with E-state index >= 15 is 0 Å². The van der Waals surface area contributed by atoms with Crippen molar-refractivity contribution in [2.75, 3.05) is 24.7 Å². The van der Waals surface area contributed by atoms with Crippen LogP contribution in [0.5, 0.6) is 11.5 Å². The number of nitrogens with zero attached hydrogens (tertiary/aromatic N) is 1. The minimum absolute atomic E-state index is 0.0589. The molecule has 0 saturated carbocycles. The van der Waals surface area contributed by atoms with Crippen LogP contribution in [0.25, 0.3) is 0 Å². The highest BCUT2D eigenvalue weighted by molar-refractivity contribution is 6.11. The maximum absolute atomic E-state index is 13.8. The van der Waals surface area contributed by atoms with Gasteiger partial charge in [0.05, 0.1) is 18.8 Å². The molecule has 140 valence electrons. The lowest BCUT2D eigenvalue weighted by Gasteiger charge is -2.25. The molecular weight excluding hydrogens is 354 g/mol. The molecule has 0 saturated heterocycles. The van der Waals surface area contributed by atoms with Crippen LogP contribution in [0.15, 0.2) is 60.4 Å². The predicted molar refractivity (Wildman–Crippen MR) is 104 cm³/mol. The van der Waals surface area contributed by atoms with Gasteiger partial charge < -0.3 is 25.2 Å². The number of carbonyl (C=O) groups excluding carboxylic acids is 1. The molecule has 1 unspecified atom stereocenters. The number of hydrazine groups is 1. The fourth-order valence-corrected chi connectivity index (χ4v) is 4.66. The lowest BCUT2D eigenvalue weighted by molar-refractivity contribution is -0.122. The van der Waals surface area contributed by atoms with E-state index in [1.54, 1.807) is 0 Å². The highest BCUT2D eigenvalue weighted by Gasteiger charge is 2.57. The van der Waals surface area contributed by atoms with E-state index in [-0.39, 0.29) is 5.91 Å². The van der Waals surface area contributed by atoms with Crippen molar-refractivity contribution in [3.8, 4) is 11.5 Å². The van der Waals surface area contributed by atoms with Crippen molar-refractivity contribution in [1.29, 1.82) is 0 Å². The zero-order chi connectivity index (χ0) is 18.7. The first-order valence-electron chi connectivity index (χ1n) is 9.49. The number of para-hydroxylation sites is 1. The van der Waals surface area contributed by atoms with Gasteiger partial charge in [0.2, 0.25) is 5.91 Å². The Kier molecular flexibility index (Phi) is 3.10. The highest BCUT2D eigenvalue weighted by Crippen LogP contribution is 2.53. The number of allylic oxidation sites excluding steroid dienone is 2. The van der Waals surface area contributed by atoms with Crippen LogP contribution in [-0.4, -0.2) is 25.7 Å². The molecule has 1 amide bonds. The Labute approximate surface area is 162 Å². The van der Waals surface area contributed by atoms with Crippen molar-refractivity contribution in [3.63, 3.8) is 0 Å². The average Bonchev–Trinajstić information content (AvgIpc) is 3.40. The summed E-state index contributed by atoms with van der Waals surface area (Å²) < 4.78 is 11.7. The molecule has 6 nitrogen and oxygen atoms in total. The Morgan fingerprint density at radius 3 is 2.93 bits per heavy atom. The number of nitrogens with one attached hydrogen (secondary N) is 2. The Morgan fingerprint density at radius 2 is 2.04 bits per heavy atom. The van der Waals surface area contributed by atoms with Gasteiger partial charge in [-0.3, -0.25) is 4.79 Å². The van der Waals surface area contributed by atoms with E-state index in [1.165, 1.54) is 0 Å². The Bertz CT molecular complexity index is 1070. The maximum atomic E-state index is 13.8. The molecule has 1 atom stereocenters. The van der Waals surface area contributed by atoms with Gasteiger partial charge in [0.1, 0.15) is 23.5 Å². The molecule has 4 aliphatic heterocycles. The van der Waals surface area contributed by atoms with Crippen molar-refractivity contribution in [1.82, 2.24) is 10.9 Å². The Morgan fingerprint density at radius 1 is 1.11 bits per heavy atom. The minimum Gasteiger partial charge on any atom is -0.493 e. The zero-order valence-electron chi connectivity index (χ0n) is 15.2. The van der Waals surface area contributed by atoms with Crippen LogP contribution in [0.4, 0.5) is 5.69 Å². The topological polar surface area (TPSA) is 62.8 Å². The third kappa shape index (κ3) is 1.94. The van der Waals surface area contributed by atoms with Crippen LogP contribution in [0.3, 0.4) is 0 Å². The summed E-state index contributed by atoms with van der Waals surface area (Å²) in [5.74, 6) is 1.69. The number of carbonyl (C=O) groups is 1. The van der Waals surface area contributed by atoms with Crippen LogP contribution in [0, 0.1) is 0 Å². The van der Waals surface area contributed by atoms with E-state index in [9.17, 15) is 4.79 Å². The first-order valence-corrected chi connectivity index (χ1v) is 9.49. The molecule has 2 aromatic rings. The van der Waals surface area contributed by atoms with Gasteiger partial charge in [-0.05, 0) is 35.4 Å². The number of fused-ring (bicyclic) bond motifs is 5. The maximum Gasteiger partial charge on any atom is 0.246 e. The molecule has 6 rings (SSSR count). The van der Waals surface area contributed by atoms with Crippen molar-refractivity contribution >= 4 is 11.6 Å². The summed E-state index contributed by atoms with van der Waals surface area (Å²) in [5.41, 5.74) is 10.3. The SMILES string of the molecule is O=C1N(CC2=CC=CNN2)c2ccccc2C12COc1cc3c(cc12)CCO3. The van der Waals surface area contributed by atoms with E-state index in [0.29, 0.717) is 19.8 Å². The molecular formula is C22H19N3O3. The summed E-state index contributed by atoms with van der Waals surface area (Å²) in [6.45, 7) is 1.47. The van der Waals surface area contributed by atoms with Crippen LogP contribution >= 0.6 is 0 Å². The lowest BCUT2D eigenvalue weighted by atomic mass is 9.76. The molecule has 0 bridgehead atoms. The second-order valence-corrected chi connectivity index (χ2v) is 7.48. The van der Waals surface area contributed by atoms with E-state index < -0.39 is 5.41 Å². The smallest absolute Gasteiger partial charge is 0.246 e. The number of hydrogen-bond donors (Lipinski definition) is 2. The van der Waals surface area contributed by atoms with Crippen molar-refractivity contribution in [2.45, 2.75) is 11.8 Å². The second-order valence-electron chi connectivity index (χ2n) is 7.48. The molecule has 1 spiro atoms. The first-order chi connectivity index (χ1) is 13.8. The zero-order valence-corrected chi connectivity index (χ0v) is 15.2. The second kappa shape index (κ2) is 5.55. The Hall–Kier alpha value is -3.41. The third-order valence-electron chi connectivity index (χ3n) is 6.00. The van der Waals surface area contributed by atoms with Gasteiger partial charge in [-0.2, -0.15) is 0 Å². The summed E-state index contributed by atoms with van der Waals surface area (Å²) in [6, 6.07) is 12.1. The average molecular weight is 373 g/mol. The molecule has 4 heterocycles. The van der Waals surface area contributed by atoms with Gasteiger partial charge in [-0.25, -0.2) is 0 Å². The number of amides is 1. The van der Waals surface area contributed by atoms with E-state index in [2.05, 4.69) is 23.0 Å². The van der Waals surface area contributed by atoms with Crippen LogP contribution < -0.4 is 25.2 Å². The molecule has 0 fully saturated rings. The van der Waals surface area contributed by atoms with Crippen molar-refractivity contribution in [2.24, 2.45) is 0 Å². The van der Waals surface area contributed by atoms with Gasteiger partial charge in [-0.1, -0.05) is 18.2 Å².